The van der Waals surface area contributed by atoms with Gasteiger partial charge < -0.3 is 14.6 Å². The van der Waals surface area contributed by atoms with Crippen LogP contribution in [0.1, 0.15) is 5.56 Å². The third-order valence-corrected chi connectivity index (χ3v) is 3.12. The number of para-hydroxylation sites is 3. The van der Waals surface area contributed by atoms with Gasteiger partial charge in [-0.05, 0) is 24.3 Å². The van der Waals surface area contributed by atoms with E-state index in [4.69, 9.17) is 9.47 Å². The number of hydrazone groups is 1. The molecule has 1 aliphatic rings. The molecule has 22 heavy (non-hydrogen) atoms. The smallest absolute Gasteiger partial charge is 0.284 e. The van der Waals surface area contributed by atoms with Crippen LogP contribution in [0.15, 0.2) is 53.6 Å². The molecule has 6 nitrogen and oxygen atoms in total. The minimum absolute atomic E-state index is 0.0895. The topological polar surface area (TPSA) is 80.2 Å². The Morgan fingerprint density at radius 3 is 2.73 bits per heavy atom. The number of nitrogens with zero attached hydrogens (tertiary/aromatic N) is 1. The molecule has 2 aromatic carbocycles. The van der Waals surface area contributed by atoms with E-state index in [-0.39, 0.29) is 12.4 Å². The SMILES string of the molecule is O=C(N/N=C\c1ccccc1O)[C@H]1COc2ccccc2O1. The zero-order valence-corrected chi connectivity index (χ0v) is 11.6. The molecule has 0 spiro atoms. The Kier molecular flexibility index (Phi) is 3.91. The average Bonchev–Trinajstić information content (AvgIpc) is 2.56. The van der Waals surface area contributed by atoms with Gasteiger partial charge in [0, 0.05) is 5.56 Å². The molecule has 6 heteroatoms. The number of amides is 1. The van der Waals surface area contributed by atoms with Crippen molar-refractivity contribution in [3.63, 3.8) is 0 Å². The van der Waals surface area contributed by atoms with Gasteiger partial charge in [-0.1, -0.05) is 24.3 Å². The summed E-state index contributed by atoms with van der Waals surface area (Å²) in [6.45, 7) is 0.120. The van der Waals surface area contributed by atoms with E-state index in [1.54, 1.807) is 36.4 Å². The lowest BCUT2D eigenvalue weighted by atomic mass is 10.2. The predicted octanol–water partition coefficient (Wildman–Crippen LogP) is 1.68. The monoisotopic (exact) mass is 298 g/mol. The van der Waals surface area contributed by atoms with Gasteiger partial charge >= 0.3 is 0 Å². The second kappa shape index (κ2) is 6.17. The molecule has 1 aliphatic heterocycles. The summed E-state index contributed by atoms with van der Waals surface area (Å²) in [7, 11) is 0. The van der Waals surface area contributed by atoms with Gasteiger partial charge in [0.15, 0.2) is 11.5 Å². The van der Waals surface area contributed by atoms with Crippen LogP contribution in [-0.2, 0) is 4.79 Å². The van der Waals surface area contributed by atoms with Gasteiger partial charge in [-0.2, -0.15) is 5.10 Å². The molecular formula is C16H14N2O4. The number of fused-ring (bicyclic) bond motifs is 1. The number of aromatic hydroxyl groups is 1. The highest BCUT2D eigenvalue weighted by Gasteiger charge is 2.26. The Bertz CT molecular complexity index is 715. The zero-order valence-electron chi connectivity index (χ0n) is 11.6. The third-order valence-electron chi connectivity index (χ3n) is 3.12. The Labute approximate surface area is 127 Å². The Morgan fingerprint density at radius 2 is 1.91 bits per heavy atom. The van der Waals surface area contributed by atoms with Gasteiger partial charge in [0.1, 0.15) is 12.4 Å². The molecule has 0 aromatic heterocycles. The van der Waals surface area contributed by atoms with Crippen molar-refractivity contribution >= 4 is 12.1 Å². The van der Waals surface area contributed by atoms with E-state index in [2.05, 4.69) is 10.5 Å². The molecule has 0 saturated carbocycles. The number of carbonyl (C=O) groups is 1. The summed E-state index contributed by atoms with van der Waals surface area (Å²) in [6.07, 6.45) is 0.599. The van der Waals surface area contributed by atoms with E-state index < -0.39 is 12.0 Å². The maximum Gasteiger partial charge on any atom is 0.284 e. The summed E-state index contributed by atoms with van der Waals surface area (Å²) in [5, 5.41) is 13.4. The summed E-state index contributed by atoms with van der Waals surface area (Å²) in [5.41, 5.74) is 2.88. The molecule has 112 valence electrons. The highest BCUT2D eigenvalue weighted by Crippen LogP contribution is 2.30. The van der Waals surface area contributed by atoms with Crippen LogP contribution in [0.4, 0.5) is 0 Å². The molecule has 2 aromatic rings. The van der Waals surface area contributed by atoms with Gasteiger partial charge in [-0.15, -0.1) is 0 Å². The third kappa shape index (κ3) is 3.01. The number of ether oxygens (including phenoxy) is 2. The minimum atomic E-state index is -0.767. The number of phenols is 1. The Balaban J connectivity index is 1.60. The fourth-order valence-corrected chi connectivity index (χ4v) is 1.98. The van der Waals surface area contributed by atoms with E-state index in [1.807, 2.05) is 6.07 Å². The van der Waals surface area contributed by atoms with E-state index in [0.29, 0.717) is 17.1 Å². The summed E-state index contributed by atoms with van der Waals surface area (Å²) in [5.74, 6) is 0.815. The normalized spacial score (nSPS) is 16.5. The van der Waals surface area contributed by atoms with Gasteiger partial charge in [0.25, 0.3) is 5.91 Å². The predicted molar refractivity (Wildman–Crippen MR) is 80.2 cm³/mol. The first kappa shape index (κ1) is 13.9. The van der Waals surface area contributed by atoms with Crippen LogP contribution < -0.4 is 14.9 Å². The number of phenolic OH excluding ortho intramolecular Hbond substituents is 1. The molecule has 2 N–H and O–H groups in total. The summed E-state index contributed by atoms with van der Waals surface area (Å²) in [6, 6.07) is 13.8. The molecule has 0 aliphatic carbocycles. The first-order valence-corrected chi connectivity index (χ1v) is 6.73. The summed E-state index contributed by atoms with van der Waals surface area (Å²) < 4.78 is 11.0. The van der Waals surface area contributed by atoms with Gasteiger partial charge in [-0.25, -0.2) is 5.43 Å². The lowest BCUT2D eigenvalue weighted by Gasteiger charge is -2.24. The molecular weight excluding hydrogens is 284 g/mol. The maximum absolute atomic E-state index is 12.0. The van der Waals surface area contributed by atoms with Crippen molar-refractivity contribution in [1.82, 2.24) is 5.43 Å². The molecule has 0 unspecified atom stereocenters. The van der Waals surface area contributed by atoms with Crippen LogP contribution in [0.25, 0.3) is 0 Å². The number of carbonyl (C=O) groups excluding carboxylic acids is 1. The van der Waals surface area contributed by atoms with Crippen LogP contribution in [0.3, 0.4) is 0 Å². The quantitative estimate of drug-likeness (QED) is 0.667. The van der Waals surface area contributed by atoms with Crippen molar-refractivity contribution in [2.45, 2.75) is 6.10 Å². The molecule has 0 saturated heterocycles. The molecule has 0 bridgehead atoms. The molecule has 3 rings (SSSR count). The lowest BCUT2D eigenvalue weighted by molar-refractivity contribution is -0.130. The van der Waals surface area contributed by atoms with Crippen LogP contribution in [0, 0.1) is 0 Å². The molecule has 1 amide bonds. The van der Waals surface area contributed by atoms with E-state index in [1.165, 1.54) is 12.3 Å². The highest BCUT2D eigenvalue weighted by molar-refractivity contribution is 5.86. The van der Waals surface area contributed by atoms with Crippen molar-refractivity contribution in [1.29, 1.82) is 0 Å². The van der Waals surface area contributed by atoms with E-state index in [0.717, 1.165) is 0 Å². The first-order valence-electron chi connectivity index (χ1n) is 6.73. The lowest BCUT2D eigenvalue weighted by Crippen LogP contribution is -2.42. The van der Waals surface area contributed by atoms with Gasteiger partial charge in [0.2, 0.25) is 6.10 Å². The summed E-state index contributed by atoms with van der Waals surface area (Å²) in [4.78, 5) is 12.0. The highest BCUT2D eigenvalue weighted by atomic mass is 16.6. The molecule has 0 fully saturated rings. The Hall–Kier alpha value is -3.02. The zero-order chi connectivity index (χ0) is 15.4. The van der Waals surface area contributed by atoms with Crippen molar-refractivity contribution in [2.75, 3.05) is 6.61 Å². The number of nitrogens with one attached hydrogen (secondary N) is 1. The maximum atomic E-state index is 12.0. The Morgan fingerprint density at radius 1 is 1.18 bits per heavy atom. The summed E-state index contributed by atoms with van der Waals surface area (Å²) >= 11 is 0. The second-order valence-corrected chi connectivity index (χ2v) is 4.66. The van der Waals surface area contributed by atoms with Crippen LogP contribution in [0.5, 0.6) is 17.2 Å². The molecule has 1 atom stereocenters. The fourth-order valence-electron chi connectivity index (χ4n) is 1.98. The number of hydrogen-bond donors (Lipinski definition) is 2. The molecule has 1 heterocycles. The van der Waals surface area contributed by atoms with Gasteiger partial charge in [-0.3, -0.25) is 4.79 Å². The second-order valence-electron chi connectivity index (χ2n) is 4.66. The van der Waals surface area contributed by atoms with Crippen molar-refractivity contribution in [3.8, 4) is 17.2 Å². The van der Waals surface area contributed by atoms with Gasteiger partial charge in [0.05, 0.1) is 6.21 Å². The van der Waals surface area contributed by atoms with Crippen molar-refractivity contribution in [3.05, 3.63) is 54.1 Å². The van der Waals surface area contributed by atoms with E-state index >= 15 is 0 Å². The number of benzene rings is 2. The van der Waals surface area contributed by atoms with Crippen LogP contribution >= 0.6 is 0 Å². The van der Waals surface area contributed by atoms with E-state index in [9.17, 15) is 9.90 Å². The number of rotatable bonds is 3. The largest absolute Gasteiger partial charge is 0.507 e. The van der Waals surface area contributed by atoms with Crippen molar-refractivity contribution < 1.29 is 19.4 Å². The standard InChI is InChI=1S/C16H14N2O4/c19-12-6-2-1-5-11(12)9-17-18-16(20)15-10-21-13-7-3-4-8-14(13)22-15/h1-9,15,19H,10H2,(H,18,20)/b17-9-/t15-/m1/s1. The van der Waals surface area contributed by atoms with Crippen LogP contribution in [0.2, 0.25) is 0 Å². The van der Waals surface area contributed by atoms with Crippen molar-refractivity contribution in [2.24, 2.45) is 5.10 Å². The molecule has 0 radical (unpaired) electrons. The average molecular weight is 298 g/mol. The minimum Gasteiger partial charge on any atom is -0.507 e. The van der Waals surface area contributed by atoms with Crippen LogP contribution in [-0.4, -0.2) is 29.9 Å². The fraction of sp³-hybridized carbons (Fsp3) is 0.125. The number of hydrogen-bond acceptors (Lipinski definition) is 5. The first-order chi connectivity index (χ1) is 10.7.